The average Bonchev–Trinajstić information content (AvgIpc) is 3.74. The summed E-state index contributed by atoms with van der Waals surface area (Å²) in [5.74, 6) is -0.639. The van der Waals surface area contributed by atoms with E-state index in [1.807, 2.05) is 11.0 Å². The van der Waals surface area contributed by atoms with Crippen LogP contribution in [0.25, 0.3) is 0 Å². The maximum atomic E-state index is 13.2. The number of piperidine rings is 1. The molecule has 0 bridgehead atoms. The second-order valence-corrected chi connectivity index (χ2v) is 11.7. The highest BCUT2D eigenvalue weighted by atomic mass is 79.9. The molecule has 2 aliphatic heterocycles. The molecule has 206 valence electrons. The lowest BCUT2D eigenvalue weighted by Gasteiger charge is -2.40. The first-order valence-electron chi connectivity index (χ1n) is 12.6. The molecule has 3 aliphatic rings. The number of nitrogen functional groups attached to an aromatic ring is 1. The van der Waals surface area contributed by atoms with Crippen LogP contribution >= 0.6 is 31.9 Å². The molecule has 1 aliphatic carbocycles. The third-order valence-corrected chi connectivity index (χ3v) is 8.84. The van der Waals surface area contributed by atoms with Gasteiger partial charge in [-0.2, -0.15) is 0 Å². The van der Waals surface area contributed by atoms with E-state index in [0.29, 0.717) is 70.5 Å². The molecular weight excluding hydrogens is 636 g/mol. The molecule has 2 aromatic rings. The number of urea groups is 1. The summed E-state index contributed by atoms with van der Waals surface area (Å²) in [6.45, 7) is 1.26. The minimum atomic E-state index is -0.475. The number of carbonyl (C=O) groups is 4. The Bertz CT molecular complexity index is 1320. The molecule has 0 spiro atoms. The number of likely N-dealkylation sites (tertiary alicyclic amines) is 1. The van der Waals surface area contributed by atoms with Crippen LogP contribution in [0.1, 0.15) is 35.2 Å². The van der Waals surface area contributed by atoms with Crippen molar-refractivity contribution in [3.05, 3.63) is 50.4 Å². The van der Waals surface area contributed by atoms with Gasteiger partial charge in [0.1, 0.15) is 5.75 Å². The van der Waals surface area contributed by atoms with E-state index in [0.717, 1.165) is 5.56 Å². The van der Waals surface area contributed by atoms with Crippen molar-refractivity contribution in [2.45, 2.75) is 31.8 Å². The number of methoxy groups -OCH3 is 1. The van der Waals surface area contributed by atoms with Crippen LogP contribution in [0.3, 0.4) is 0 Å². The van der Waals surface area contributed by atoms with E-state index in [4.69, 9.17) is 10.5 Å². The summed E-state index contributed by atoms with van der Waals surface area (Å²) in [6, 6.07) is 8.46. The fourth-order valence-electron chi connectivity index (χ4n) is 5.18. The normalized spacial score (nSPS) is 20.6. The van der Waals surface area contributed by atoms with Crippen molar-refractivity contribution in [3.8, 4) is 5.75 Å². The first-order chi connectivity index (χ1) is 18.7. The van der Waals surface area contributed by atoms with E-state index in [2.05, 4.69) is 41.9 Å². The van der Waals surface area contributed by atoms with Crippen molar-refractivity contribution < 1.29 is 28.7 Å². The minimum absolute atomic E-state index is 0.00112. The summed E-state index contributed by atoms with van der Waals surface area (Å²) in [5, 5.41) is 2.93. The molecule has 2 heterocycles. The average molecular weight is 664 g/mol. The van der Waals surface area contributed by atoms with Crippen molar-refractivity contribution in [2.24, 2.45) is 11.8 Å². The molecule has 2 fully saturated rings. The molecular formula is C27H28Br2N4O6. The standard InChI is InChI=1S/C27H28Br2N4O6/c1-38-23(34)13-39-17-2-3-22-15(8-17)12-33(27(37)31-22)16-4-6-32(7-5-16)26(36)19-11-18(19)25(35)14-9-20(28)24(30)21(29)10-14/h2-3,8-10,16,18-19H,4-7,11-13,30H2,1H3,(H,31,37)/t18-,19-/m1/s1. The number of fused-ring (bicyclic) bond motifs is 1. The van der Waals surface area contributed by atoms with Crippen LogP contribution in [0.5, 0.6) is 5.75 Å². The van der Waals surface area contributed by atoms with Gasteiger partial charge in [0.25, 0.3) is 0 Å². The van der Waals surface area contributed by atoms with Gasteiger partial charge in [-0.25, -0.2) is 9.59 Å². The number of nitrogens with one attached hydrogen (secondary N) is 1. The lowest BCUT2D eigenvalue weighted by atomic mass is 10.00. The molecule has 12 heteroatoms. The molecule has 3 amide bonds. The summed E-state index contributed by atoms with van der Waals surface area (Å²) in [5.41, 5.74) is 8.57. The number of anilines is 2. The number of hydrogen-bond acceptors (Lipinski definition) is 7. The Morgan fingerprint density at radius 2 is 1.77 bits per heavy atom. The Kier molecular flexibility index (Phi) is 7.86. The summed E-state index contributed by atoms with van der Waals surface area (Å²) in [7, 11) is 1.30. The van der Waals surface area contributed by atoms with Gasteiger partial charge in [-0.15, -0.1) is 0 Å². The number of hydrogen-bond donors (Lipinski definition) is 2. The molecule has 10 nitrogen and oxygen atoms in total. The van der Waals surface area contributed by atoms with E-state index in [-0.39, 0.29) is 42.2 Å². The number of benzene rings is 2. The number of Topliss-reactive ketones (excluding diaryl/α,β-unsaturated/α-hetero) is 1. The molecule has 3 N–H and O–H groups in total. The number of nitrogens with zero attached hydrogens (tertiary/aromatic N) is 2. The summed E-state index contributed by atoms with van der Waals surface area (Å²) in [4.78, 5) is 54.0. The van der Waals surface area contributed by atoms with Gasteiger partial charge in [0, 0.05) is 57.7 Å². The van der Waals surface area contributed by atoms with Gasteiger partial charge >= 0.3 is 12.0 Å². The number of ether oxygens (including phenoxy) is 2. The van der Waals surface area contributed by atoms with E-state index >= 15 is 0 Å². The topological polar surface area (TPSA) is 131 Å². The number of nitrogens with two attached hydrogens (primary N) is 1. The van der Waals surface area contributed by atoms with Crippen LogP contribution in [-0.4, -0.2) is 66.3 Å². The van der Waals surface area contributed by atoms with Crippen LogP contribution in [-0.2, 0) is 20.9 Å². The zero-order valence-electron chi connectivity index (χ0n) is 21.2. The highest BCUT2D eigenvalue weighted by Gasteiger charge is 2.50. The third kappa shape index (κ3) is 5.76. The zero-order valence-corrected chi connectivity index (χ0v) is 24.4. The molecule has 39 heavy (non-hydrogen) atoms. The predicted octanol–water partition coefficient (Wildman–Crippen LogP) is 4.20. The van der Waals surface area contributed by atoms with Gasteiger partial charge in [-0.1, -0.05) is 0 Å². The predicted molar refractivity (Wildman–Crippen MR) is 150 cm³/mol. The Labute approximate surface area is 242 Å². The Balaban J connectivity index is 1.16. The summed E-state index contributed by atoms with van der Waals surface area (Å²) >= 11 is 6.75. The second kappa shape index (κ2) is 11.2. The van der Waals surface area contributed by atoms with Gasteiger partial charge in [0.15, 0.2) is 12.4 Å². The molecule has 2 aromatic carbocycles. The highest BCUT2D eigenvalue weighted by Crippen LogP contribution is 2.44. The van der Waals surface area contributed by atoms with Crippen LogP contribution in [0.4, 0.5) is 16.2 Å². The quantitative estimate of drug-likeness (QED) is 0.258. The number of halogens is 2. The molecule has 0 unspecified atom stereocenters. The molecule has 2 atom stereocenters. The Hall–Kier alpha value is -3.12. The number of carbonyl (C=O) groups excluding carboxylic acids is 4. The van der Waals surface area contributed by atoms with Gasteiger partial charge < -0.3 is 30.3 Å². The Morgan fingerprint density at radius 1 is 1.08 bits per heavy atom. The van der Waals surface area contributed by atoms with E-state index < -0.39 is 5.97 Å². The van der Waals surface area contributed by atoms with Crippen LogP contribution in [0.2, 0.25) is 0 Å². The first-order valence-corrected chi connectivity index (χ1v) is 14.2. The number of amides is 3. The van der Waals surface area contributed by atoms with Crippen molar-refractivity contribution in [1.29, 1.82) is 0 Å². The molecule has 1 saturated heterocycles. The van der Waals surface area contributed by atoms with Crippen molar-refractivity contribution in [3.63, 3.8) is 0 Å². The SMILES string of the molecule is COC(=O)COc1ccc2c(c1)CN(C1CCN(C(=O)[C@@H]3C[C@H]3C(=O)c3cc(Br)c(N)c(Br)c3)CC1)C(=O)N2. The van der Waals surface area contributed by atoms with Crippen LogP contribution in [0, 0.1) is 11.8 Å². The lowest BCUT2D eigenvalue weighted by Crippen LogP contribution is -2.51. The van der Waals surface area contributed by atoms with Crippen LogP contribution < -0.4 is 15.8 Å². The molecule has 1 saturated carbocycles. The van der Waals surface area contributed by atoms with E-state index in [9.17, 15) is 19.2 Å². The van der Waals surface area contributed by atoms with Gasteiger partial charge in [-0.05, 0) is 87.0 Å². The number of rotatable bonds is 7. The van der Waals surface area contributed by atoms with Crippen molar-refractivity contribution in [2.75, 3.05) is 37.9 Å². The summed E-state index contributed by atoms with van der Waals surface area (Å²) in [6.07, 6.45) is 1.84. The van der Waals surface area contributed by atoms with E-state index in [1.54, 1.807) is 29.2 Å². The van der Waals surface area contributed by atoms with Crippen molar-refractivity contribution in [1.82, 2.24) is 9.80 Å². The minimum Gasteiger partial charge on any atom is -0.482 e. The summed E-state index contributed by atoms with van der Waals surface area (Å²) < 4.78 is 11.4. The van der Waals surface area contributed by atoms with Crippen molar-refractivity contribution >= 4 is 66.9 Å². The van der Waals surface area contributed by atoms with E-state index in [1.165, 1.54) is 7.11 Å². The fraction of sp³-hybridized carbons (Fsp3) is 0.407. The highest BCUT2D eigenvalue weighted by molar-refractivity contribution is 9.11. The number of esters is 1. The van der Waals surface area contributed by atoms with Crippen LogP contribution in [0.15, 0.2) is 39.3 Å². The molecule has 0 radical (unpaired) electrons. The molecule has 5 rings (SSSR count). The largest absolute Gasteiger partial charge is 0.482 e. The fourth-order valence-corrected chi connectivity index (χ4v) is 6.37. The maximum absolute atomic E-state index is 13.2. The lowest BCUT2D eigenvalue weighted by molar-refractivity contribution is -0.143. The smallest absolute Gasteiger partial charge is 0.343 e. The monoisotopic (exact) mass is 662 g/mol. The van der Waals surface area contributed by atoms with Gasteiger partial charge in [0.2, 0.25) is 5.91 Å². The second-order valence-electron chi connectivity index (χ2n) is 9.96. The van der Waals surface area contributed by atoms with Gasteiger partial charge in [-0.3, -0.25) is 9.59 Å². The number of ketones is 1. The first kappa shape index (κ1) is 27.4. The third-order valence-electron chi connectivity index (χ3n) is 7.53. The van der Waals surface area contributed by atoms with Gasteiger partial charge in [0.05, 0.1) is 12.8 Å². The Morgan fingerprint density at radius 3 is 2.44 bits per heavy atom. The molecule has 0 aromatic heterocycles. The zero-order chi connectivity index (χ0) is 27.8. The maximum Gasteiger partial charge on any atom is 0.343 e.